The second-order valence-corrected chi connectivity index (χ2v) is 5.59. The fraction of sp³-hybridized carbons (Fsp3) is 0.312. The molecule has 0 saturated carbocycles. The van der Waals surface area contributed by atoms with Crippen LogP contribution in [0.5, 0.6) is 0 Å². The number of hydroxylamine groups is 1. The summed E-state index contributed by atoms with van der Waals surface area (Å²) >= 11 is 0. The number of hydrogen-bond acceptors (Lipinski definition) is 7. The highest BCUT2D eigenvalue weighted by atomic mass is 16.7. The van der Waals surface area contributed by atoms with Crippen LogP contribution in [0, 0.1) is 6.92 Å². The van der Waals surface area contributed by atoms with Crippen molar-refractivity contribution in [2.75, 3.05) is 7.05 Å². The number of benzene rings is 1. The number of nitrogens with one attached hydrogen (secondary N) is 1. The molecule has 126 valence electrons. The average Bonchev–Trinajstić information content (AvgIpc) is 3.00. The molecule has 1 amide bonds. The Balaban J connectivity index is 1.79. The molecule has 1 aliphatic rings. The molecule has 2 aromatic rings. The Morgan fingerprint density at radius 1 is 1.25 bits per heavy atom. The number of amides is 1. The van der Waals surface area contributed by atoms with Crippen LogP contribution in [0.2, 0.25) is 0 Å². The Morgan fingerprint density at radius 2 is 1.96 bits per heavy atom. The Bertz CT molecular complexity index is 839. The molecule has 0 aliphatic carbocycles. The maximum absolute atomic E-state index is 12.5. The number of hydrogen-bond donors (Lipinski definition) is 1. The topological polar surface area (TPSA) is 97.3 Å². The minimum atomic E-state index is -1.16. The van der Waals surface area contributed by atoms with Gasteiger partial charge >= 0.3 is 5.82 Å². The lowest BCUT2D eigenvalue weighted by Crippen LogP contribution is -2.55. The molecule has 1 aliphatic heterocycles. The van der Waals surface area contributed by atoms with Gasteiger partial charge in [-0.15, -0.1) is 0 Å². The third kappa shape index (κ3) is 2.77. The van der Waals surface area contributed by atoms with Crippen LogP contribution in [0.15, 0.2) is 49.1 Å². The number of aryl methyl sites for hydroxylation is 1. The van der Waals surface area contributed by atoms with Crippen LogP contribution in [-0.4, -0.2) is 29.2 Å². The van der Waals surface area contributed by atoms with E-state index in [1.54, 1.807) is 20.9 Å². The van der Waals surface area contributed by atoms with Gasteiger partial charge in [0.15, 0.2) is 11.3 Å². The van der Waals surface area contributed by atoms with Gasteiger partial charge in [-0.05, 0) is 13.8 Å². The van der Waals surface area contributed by atoms with Gasteiger partial charge in [-0.3, -0.25) is 9.63 Å². The zero-order chi connectivity index (χ0) is 17.3. The van der Waals surface area contributed by atoms with Gasteiger partial charge in [-0.2, -0.15) is 10.6 Å². The van der Waals surface area contributed by atoms with E-state index in [0.29, 0.717) is 11.5 Å². The molecule has 24 heavy (non-hydrogen) atoms. The van der Waals surface area contributed by atoms with Crippen LogP contribution in [0.3, 0.4) is 0 Å². The van der Waals surface area contributed by atoms with E-state index in [9.17, 15) is 9.59 Å². The number of nitrogens with zero attached hydrogens (tertiary/aromatic N) is 2. The molecule has 3 rings (SSSR count). The van der Waals surface area contributed by atoms with Crippen LogP contribution < -0.4 is 11.3 Å². The molecule has 0 radical (unpaired) electrons. The summed E-state index contributed by atoms with van der Waals surface area (Å²) in [5, 5.41) is 5.57. The van der Waals surface area contributed by atoms with Crippen molar-refractivity contribution in [3.05, 3.63) is 58.0 Å². The normalized spacial score (nSPS) is 20.5. The fourth-order valence-corrected chi connectivity index (χ4v) is 2.51. The summed E-state index contributed by atoms with van der Waals surface area (Å²) in [4.78, 5) is 28.9. The van der Waals surface area contributed by atoms with Gasteiger partial charge < -0.3 is 8.83 Å². The second kappa shape index (κ2) is 6.06. The van der Waals surface area contributed by atoms with Crippen molar-refractivity contribution < 1.29 is 18.5 Å². The van der Waals surface area contributed by atoms with Crippen LogP contribution in [0.1, 0.15) is 24.0 Å². The van der Waals surface area contributed by atoms with Crippen molar-refractivity contribution in [1.29, 1.82) is 0 Å². The van der Waals surface area contributed by atoms with Gasteiger partial charge in [-0.25, -0.2) is 9.80 Å². The van der Waals surface area contributed by atoms with Crippen LogP contribution in [-0.2, 0) is 16.2 Å². The first-order valence-corrected chi connectivity index (χ1v) is 7.33. The van der Waals surface area contributed by atoms with Crippen molar-refractivity contribution in [2.24, 2.45) is 5.10 Å². The highest BCUT2D eigenvalue weighted by Gasteiger charge is 2.47. The summed E-state index contributed by atoms with van der Waals surface area (Å²) < 4.78 is 9.62. The van der Waals surface area contributed by atoms with Gasteiger partial charge in [0.2, 0.25) is 0 Å². The smallest absolute Gasteiger partial charge is 0.396 e. The summed E-state index contributed by atoms with van der Waals surface area (Å²) in [7, 11) is 1.58. The minimum absolute atomic E-state index is 0.0633. The average molecular weight is 331 g/mol. The summed E-state index contributed by atoms with van der Waals surface area (Å²) in [5.41, 5.74) is 2.94. The third-order valence-electron chi connectivity index (χ3n) is 3.81. The highest BCUT2D eigenvalue weighted by molar-refractivity contribution is 6.23. The first-order chi connectivity index (χ1) is 11.4. The van der Waals surface area contributed by atoms with E-state index in [2.05, 4.69) is 10.6 Å². The molecule has 0 fully saturated rings. The maximum Gasteiger partial charge on any atom is 0.519 e. The summed E-state index contributed by atoms with van der Waals surface area (Å²) in [6, 6.07) is 9.35. The molecular weight excluding hydrogens is 314 g/mol. The zero-order valence-corrected chi connectivity index (χ0v) is 13.5. The van der Waals surface area contributed by atoms with Crippen molar-refractivity contribution in [1.82, 2.24) is 10.5 Å². The molecule has 1 aromatic carbocycles. The Hall–Kier alpha value is -2.71. The van der Waals surface area contributed by atoms with Gasteiger partial charge in [0.1, 0.15) is 12.4 Å². The van der Waals surface area contributed by atoms with E-state index in [4.69, 9.17) is 13.7 Å². The lowest BCUT2D eigenvalue weighted by atomic mass is 9.91. The van der Waals surface area contributed by atoms with Crippen molar-refractivity contribution in [3.63, 3.8) is 0 Å². The second-order valence-electron chi connectivity index (χ2n) is 5.59. The Labute approximate surface area is 137 Å². The first-order valence-electron chi connectivity index (χ1n) is 7.33. The largest absolute Gasteiger partial charge is 0.519 e. The van der Waals surface area contributed by atoms with Gasteiger partial charge in [-0.1, -0.05) is 30.3 Å². The molecule has 1 aromatic heterocycles. The van der Waals surface area contributed by atoms with Crippen LogP contribution in [0.25, 0.3) is 0 Å². The number of carbonyl (C=O) groups is 1. The molecule has 2 heterocycles. The molecule has 8 nitrogen and oxygen atoms in total. The van der Waals surface area contributed by atoms with E-state index in [0.717, 1.165) is 5.56 Å². The predicted octanol–water partition coefficient (Wildman–Crippen LogP) is 1.20. The fourth-order valence-electron chi connectivity index (χ4n) is 2.51. The van der Waals surface area contributed by atoms with Gasteiger partial charge in [0, 0.05) is 12.6 Å². The molecule has 1 atom stereocenters. The highest BCUT2D eigenvalue weighted by Crippen LogP contribution is 2.24. The number of carbonyl (C=O) groups excluding carboxylic acids is 1. The molecule has 8 heteroatoms. The summed E-state index contributed by atoms with van der Waals surface area (Å²) in [5.74, 6) is -0.459. The summed E-state index contributed by atoms with van der Waals surface area (Å²) in [6.07, 6.45) is 0. The van der Waals surface area contributed by atoms with E-state index in [1.807, 2.05) is 30.3 Å². The first kappa shape index (κ1) is 16.2. The zero-order valence-electron chi connectivity index (χ0n) is 13.5. The molecule has 1 N–H and O–H groups in total. The lowest BCUT2D eigenvalue weighted by molar-refractivity contribution is -0.137. The quantitative estimate of drug-likeness (QED) is 0.827. The number of likely N-dealkylation sites (N-methyl/N-ethyl adjacent to an activating group) is 1. The number of hydrazone groups is 1. The minimum Gasteiger partial charge on any atom is -0.396 e. The molecule has 0 spiro atoms. The standard InChI is InChI=1S/C16H17N3O5/c1-10-12(24-15(21)23-10)9-22-18-16(2)13(17-19(3)14(16)20)11-7-5-4-6-8-11/h4-8,18H,9H2,1-3H3. The Morgan fingerprint density at radius 3 is 2.58 bits per heavy atom. The van der Waals surface area contributed by atoms with Gasteiger partial charge in [0.25, 0.3) is 5.91 Å². The predicted molar refractivity (Wildman–Crippen MR) is 84.1 cm³/mol. The third-order valence-corrected chi connectivity index (χ3v) is 3.81. The van der Waals surface area contributed by atoms with E-state index in [-0.39, 0.29) is 18.3 Å². The molecule has 1 unspecified atom stereocenters. The van der Waals surface area contributed by atoms with Crippen LogP contribution in [0.4, 0.5) is 0 Å². The van der Waals surface area contributed by atoms with Gasteiger partial charge in [0.05, 0.1) is 5.71 Å². The number of rotatable bonds is 5. The summed E-state index contributed by atoms with van der Waals surface area (Å²) in [6.45, 7) is 3.21. The Kier molecular flexibility index (Phi) is 4.08. The SMILES string of the molecule is Cc1oc(=O)oc1CONC1(C)C(=O)N(C)N=C1c1ccccc1. The molecular formula is C16H17N3O5. The monoisotopic (exact) mass is 331 g/mol. The van der Waals surface area contributed by atoms with Crippen molar-refractivity contribution >= 4 is 11.6 Å². The van der Waals surface area contributed by atoms with Crippen LogP contribution >= 0.6 is 0 Å². The molecule has 0 bridgehead atoms. The van der Waals surface area contributed by atoms with Crippen molar-refractivity contribution in [3.8, 4) is 0 Å². The van der Waals surface area contributed by atoms with E-state index in [1.165, 1.54) is 5.01 Å². The lowest BCUT2D eigenvalue weighted by Gasteiger charge is -2.24. The maximum atomic E-state index is 12.5. The van der Waals surface area contributed by atoms with Crippen molar-refractivity contribution in [2.45, 2.75) is 26.0 Å². The molecule has 0 saturated heterocycles. The van der Waals surface area contributed by atoms with E-state index >= 15 is 0 Å². The van der Waals surface area contributed by atoms with E-state index < -0.39 is 11.4 Å².